The highest BCUT2D eigenvalue weighted by molar-refractivity contribution is 5.69. The summed E-state index contributed by atoms with van der Waals surface area (Å²) in [5, 5.41) is 0. The van der Waals surface area contributed by atoms with E-state index in [2.05, 4.69) is 0 Å². The molecule has 5 heteroatoms. The predicted octanol–water partition coefficient (Wildman–Crippen LogP) is 4.14. The molecule has 0 amide bonds. The number of esters is 1. The Kier molecular flexibility index (Phi) is 9.38. The van der Waals surface area contributed by atoms with E-state index in [4.69, 9.17) is 18.9 Å². The lowest BCUT2D eigenvalue weighted by molar-refractivity contribution is -0.152. The highest BCUT2D eigenvalue weighted by atomic mass is 16.7. The SMILES string of the molecule is CCOC(COc1ccc(CCC(=O)OCc2ccccc2)cc1)OCC. The van der Waals surface area contributed by atoms with E-state index in [0.29, 0.717) is 39.3 Å². The molecular formula is C22H28O5. The molecule has 0 aromatic heterocycles. The minimum Gasteiger partial charge on any atom is -0.488 e. The quantitative estimate of drug-likeness (QED) is 0.414. The number of rotatable bonds is 12. The van der Waals surface area contributed by atoms with E-state index in [0.717, 1.165) is 16.9 Å². The molecule has 0 fully saturated rings. The minimum atomic E-state index is -0.362. The average Bonchev–Trinajstić information content (AvgIpc) is 2.71. The van der Waals surface area contributed by atoms with Gasteiger partial charge in [0.25, 0.3) is 0 Å². The molecule has 0 atom stereocenters. The van der Waals surface area contributed by atoms with Gasteiger partial charge in [0.1, 0.15) is 19.0 Å². The van der Waals surface area contributed by atoms with Crippen LogP contribution >= 0.6 is 0 Å². The van der Waals surface area contributed by atoms with Crippen molar-refractivity contribution in [2.45, 2.75) is 39.6 Å². The van der Waals surface area contributed by atoms with Crippen LogP contribution in [-0.4, -0.2) is 32.1 Å². The molecule has 0 bridgehead atoms. The van der Waals surface area contributed by atoms with Gasteiger partial charge in [0.15, 0.2) is 6.29 Å². The van der Waals surface area contributed by atoms with E-state index >= 15 is 0 Å². The lowest BCUT2D eigenvalue weighted by atomic mass is 10.1. The highest BCUT2D eigenvalue weighted by Crippen LogP contribution is 2.15. The van der Waals surface area contributed by atoms with Crippen molar-refractivity contribution < 1.29 is 23.7 Å². The molecule has 0 spiro atoms. The zero-order chi connectivity index (χ0) is 19.3. The first-order valence-electron chi connectivity index (χ1n) is 9.35. The Labute approximate surface area is 161 Å². The molecule has 2 rings (SSSR count). The van der Waals surface area contributed by atoms with Crippen LogP contribution in [0, 0.1) is 0 Å². The third-order valence-electron chi connectivity index (χ3n) is 3.88. The molecule has 0 saturated heterocycles. The molecule has 5 nitrogen and oxygen atoms in total. The minimum absolute atomic E-state index is 0.199. The fraction of sp³-hybridized carbons (Fsp3) is 0.409. The van der Waals surface area contributed by atoms with Gasteiger partial charge in [0.2, 0.25) is 0 Å². The maximum atomic E-state index is 11.9. The molecular weight excluding hydrogens is 344 g/mol. The van der Waals surface area contributed by atoms with Crippen LogP contribution in [-0.2, 0) is 32.0 Å². The summed E-state index contributed by atoms with van der Waals surface area (Å²) in [6.07, 6.45) is 0.622. The lowest BCUT2D eigenvalue weighted by Crippen LogP contribution is -2.25. The van der Waals surface area contributed by atoms with Crippen molar-refractivity contribution in [2.24, 2.45) is 0 Å². The third-order valence-corrected chi connectivity index (χ3v) is 3.88. The fourth-order valence-electron chi connectivity index (χ4n) is 2.49. The van der Waals surface area contributed by atoms with Crippen molar-refractivity contribution in [3.05, 3.63) is 65.7 Å². The number of hydrogen-bond donors (Lipinski definition) is 0. The topological polar surface area (TPSA) is 54.0 Å². The molecule has 27 heavy (non-hydrogen) atoms. The zero-order valence-electron chi connectivity index (χ0n) is 16.1. The van der Waals surface area contributed by atoms with Crippen molar-refractivity contribution >= 4 is 5.97 Å². The summed E-state index contributed by atoms with van der Waals surface area (Å²) >= 11 is 0. The van der Waals surface area contributed by atoms with Gasteiger partial charge in [-0.3, -0.25) is 4.79 Å². The standard InChI is InChI=1S/C22H28O5/c1-3-24-22(25-4-2)17-26-20-13-10-18(11-14-20)12-15-21(23)27-16-19-8-6-5-7-9-19/h5-11,13-14,22H,3-4,12,15-17H2,1-2H3. The number of aryl methyl sites for hydroxylation is 1. The van der Waals surface area contributed by atoms with Gasteiger partial charge < -0.3 is 18.9 Å². The van der Waals surface area contributed by atoms with Gasteiger partial charge in [-0.15, -0.1) is 0 Å². The maximum absolute atomic E-state index is 11.9. The first-order chi connectivity index (χ1) is 13.2. The number of carbonyl (C=O) groups excluding carboxylic acids is 1. The first kappa shape index (κ1) is 20.9. The number of benzene rings is 2. The summed E-state index contributed by atoms with van der Waals surface area (Å²) in [6, 6.07) is 17.4. The summed E-state index contributed by atoms with van der Waals surface area (Å²) in [6.45, 7) is 5.65. The normalized spacial score (nSPS) is 10.8. The van der Waals surface area contributed by atoms with Crippen LogP contribution in [0.3, 0.4) is 0 Å². The van der Waals surface area contributed by atoms with Crippen LogP contribution in [0.25, 0.3) is 0 Å². The second-order valence-corrected chi connectivity index (χ2v) is 5.94. The van der Waals surface area contributed by atoms with Crippen molar-refractivity contribution in [3.8, 4) is 5.75 Å². The van der Waals surface area contributed by atoms with E-state index in [9.17, 15) is 4.79 Å². The summed E-state index contributed by atoms with van der Waals surface area (Å²) in [5.41, 5.74) is 2.05. The Morgan fingerprint density at radius 3 is 2.19 bits per heavy atom. The van der Waals surface area contributed by atoms with E-state index in [1.165, 1.54) is 0 Å². The van der Waals surface area contributed by atoms with Crippen molar-refractivity contribution in [1.29, 1.82) is 0 Å². The van der Waals surface area contributed by atoms with Crippen molar-refractivity contribution in [3.63, 3.8) is 0 Å². The lowest BCUT2D eigenvalue weighted by Gasteiger charge is -2.17. The van der Waals surface area contributed by atoms with Gasteiger partial charge in [-0.25, -0.2) is 0 Å². The number of hydrogen-bond acceptors (Lipinski definition) is 5. The maximum Gasteiger partial charge on any atom is 0.306 e. The molecule has 2 aromatic rings. The van der Waals surface area contributed by atoms with Gasteiger partial charge in [-0.1, -0.05) is 42.5 Å². The summed E-state index contributed by atoms with van der Waals surface area (Å²) < 4.78 is 21.9. The molecule has 0 aliphatic carbocycles. The molecule has 0 heterocycles. The van der Waals surface area contributed by atoms with Gasteiger partial charge in [-0.2, -0.15) is 0 Å². The van der Waals surface area contributed by atoms with E-state index in [-0.39, 0.29) is 12.3 Å². The average molecular weight is 372 g/mol. The number of ether oxygens (including phenoxy) is 4. The van der Waals surface area contributed by atoms with Crippen molar-refractivity contribution in [2.75, 3.05) is 19.8 Å². The Bertz CT molecular complexity index is 648. The predicted molar refractivity (Wildman–Crippen MR) is 104 cm³/mol. The Balaban J connectivity index is 1.70. The highest BCUT2D eigenvalue weighted by Gasteiger charge is 2.09. The van der Waals surface area contributed by atoms with Gasteiger partial charge in [0, 0.05) is 19.6 Å². The molecule has 0 N–H and O–H groups in total. The largest absolute Gasteiger partial charge is 0.488 e. The molecule has 0 aliphatic heterocycles. The van der Waals surface area contributed by atoms with Crippen LogP contribution in [0.1, 0.15) is 31.4 Å². The van der Waals surface area contributed by atoms with E-state index in [1.807, 2.05) is 68.4 Å². The summed E-state index contributed by atoms with van der Waals surface area (Å²) in [4.78, 5) is 11.9. The monoisotopic (exact) mass is 372 g/mol. The van der Waals surface area contributed by atoms with Crippen LogP contribution in [0.4, 0.5) is 0 Å². The van der Waals surface area contributed by atoms with Crippen molar-refractivity contribution in [1.82, 2.24) is 0 Å². The first-order valence-corrected chi connectivity index (χ1v) is 9.35. The van der Waals surface area contributed by atoms with Crippen LogP contribution in [0.2, 0.25) is 0 Å². The smallest absolute Gasteiger partial charge is 0.306 e. The molecule has 0 saturated carbocycles. The Morgan fingerprint density at radius 2 is 1.56 bits per heavy atom. The van der Waals surface area contributed by atoms with Gasteiger partial charge >= 0.3 is 5.97 Å². The molecule has 0 radical (unpaired) electrons. The molecule has 0 aliphatic rings. The van der Waals surface area contributed by atoms with E-state index in [1.54, 1.807) is 0 Å². The van der Waals surface area contributed by atoms with Gasteiger partial charge in [-0.05, 0) is 43.5 Å². The fourth-order valence-corrected chi connectivity index (χ4v) is 2.49. The molecule has 146 valence electrons. The molecule has 2 aromatic carbocycles. The number of carbonyl (C=O) groups is 1. The zero-order valence-corrected chi connectivity index (χ0v) is 16.1. The second kappa shape index (κ2) is 12.1. The van der Waals surface area contributed by atoms with Gasteiger partial charge in [0.05, 0.1) is 0 Å². The second-order valence-electron chi connectivity index (χ2n) is 5.94. The van der Waals surface area contributed by atoms with Crippen LogP contribution in [0.5, 0.6) is 5.75 Å². The van der Waals surface area contributed by atoms with E-state index < -0.39 is 0 Å². The summed E-state index contributed by atoms with van der Waals surface area (Å²) in [7, 11) is 0. The molecule has 0 unspecified atom stereocenters. The third kappa shape index (κ3) is 8.24. The summed E-state index contributed by atoms with van der Waals surface area (Å²) in [5.74, 6) is 0.547. The Morgan fingerprint density at radius 1 is 0.889 bits per heavy atom. The van der Waals surface area contributed by atoms with Crippen LogP contribution in [0.15, 0.2) is 54.6 Å². The Hall–Kier alpha value is -2.37. The van der Waals surface area contributed by atoms with Crippen LogP contribution < -0.4 is 4.74 Å².